The molecule has 0 N–H and O–H groups in total. The van der Waals surface area contributed by atoms with Crippen LogP contribution < -0.4 is 0 Å². The van der Waals surface area contributed by atoms with Gasteiger partial charge in [-0.15, -0.1) is 0 Å². The molecule has 1 aromatic heterocycles. The van der Waals surface area contributed by atoms with E-state index < -0.39 is 0 Å². The van der Waals surface area contributed by atoms with Gasteiger partial charge in [0, 0.05) is 44.4 Å². The highest BCUT2D eigenvalue weighted by Crippen LogP contribution is 2.35. The summed E-state index contributed by atoms with van der Waals surface area (Å²) < 4.78 is 2.01. The predicted molar refractivity (Wildman–Crippen MR) is 113 cm³/mol. The van der Waals surface area contributed by atoms with Crippen LogP contribution in [-0.4, -0.2) is 57.2 Å². The lowest BCUT2D eigenvalue weighted by molar-refractivity contribution is -0.136. The van der Waals surface area contributed by atoms with Gasteiger partial charge in [-0.3, -0.25) is 9.59 Å². The first-order valence-corrected chi connectivity index (χ1v) is 10.6. The van der Waals surface area contributed by atoms with Crippen molar-refractivity contribution in [3.8, 4) is 0 Å². The zero-order chi connectivity index (χ0) is 20.6. The zero-order valence-corrected chi connectivity index (χ0v) is 17.6. The van der Waals surface area contributed by atoms with E-state index in [1.54, 1.807) is 6.33 Å². The monoisotopic (exact) mass is 394 g/mol. The number of piperazine rings is 1. The molecule has 1 aliphatic heterocycles. The lowest BCUT2D eigenvalue weighted by atomic mass is 9.78. The van der Waals surface area contributed by atoms with E-state index in [0.717, 1.165) is 42.7 Å². The standard InChI is InChI=1S/C23H30N4O2/c1-4-20(27-16-24-19-7-5-6-8-21(19)27)22(29)26-11-9-25(10-12-26)17-13-18(28)15-23(2,3)14-17/h5-8,13,16,20H,4,9-12,14-15H2,1-3H3/t20-/m1/s1. The number of carbonyl (C=O) groups is 2. The lowest BCUT2D eigenvalue weighted by Crippen LogP contribution is -2.50. The summed E-state index contributed by atoms with van der Waals surface area (Å²) in [7, 11) is 0. The fraction of sp³-hybridized carbons (Fsp3) is 0.522. The minimum atomic E-state index is -0.233. The third kappa shape index (κ3) is 3.93. The van der Waals surface area contributed by atoms with Crippen molar-refractivity contribution in [2.75, 3.05) is 26.2 Å². The van der Waals surface area contributed by atoms with Gasteiger partial charge in [0.05, 0.1) is 17.4 Å². The molecule has 1 aliphatic carbocycles. The molecule has 0 spiro atoms. The number of carbonyl (C=O) groups excluding carboxylic acids is 2. The average Bonchev–Trinajstić information content (AvgIpc) is 3.11. The van der Waals surface area contributed by atoms with Gasteiger partial charge >= 0.3 is 0 Å². The van der Waals surface area contributed by atoms with E-state index >= 15 is 0 Å². The summed E-state index contributed by atoms with van der Waals surface area (Å²) in [6.07, 6.45) is 5.87. The first-order chi connectivity index (χ1) is 13.9. The van der Waals surface area contributed by atoms with E-state index in [4.69, 9.17) is 0 Å². The van der Waals surface area contributed by atoms with Gasteiger partial charge in [0.25, 0.3) is 0 Å². The van der Waals surface area contributed by atoms with Gasteiger partial charge in [-0.25, -0.2) is 4.98 Å². The summed E-state index contributed by atoms with van der Waals surface area (Å²) in [6.45, 7) is 9.29. The molecule has 6 nitrogen and oxygen atoms in total. The van der Waals surface area contributed by atoms with Crippen molar-refractivity contribution in [2.24, 2.45) is 5.41 Å². The number of hydrogen-bond donors (Lipinski definition) is 0. The molecule has 0 radical (unpaired) electrons. The summed E-state index contributed by atoms with van der Waals surface area (Å²) in [5.74, 6) is 0.372. The van der Waals surface area contributed by atoms with Gasteiger partial charge in [0.2, 0.25) is 5.91 Å². The van der Waals surface area contributed by atoms with Crippen molar-refractivity contribution in [1.82, 2.24) is 19.4 Å². The number of benzene rings is 1. The maximum absolute atomic E-state index is 13.3. The van der Waals surface area contributed by atoms with Gasteiger partial charge in [0.15, 0.2) is 5.78 Å². The van der Waals surface area contributed by atoms with Crippen LogP contribution in [0.15, 0.2) is 42.4 Å². The topological polar surface area (TPSA) is 58.4 Å². The molecule has 2 aromatic rings. The second kappa shape index (κ2) is 7.65. The third-order valence-corrected chi connectivity index (χ3v) is 6.13. The quantitative estimate of drug-likeness (QED) is 0.797. The van der Waals surface area contributed by atoms with Crippen LogP contribution in [0, 0.1) is 5.41 Å². The van der Waals surface area contributed by atoms with E-state index in [9.17, 15) is 9.59 Å². The Morgan fingerprint density at radius 2 is 1.86 bits per heavy atom. The Bertz CT molecular complexity index is 951. The van der Waals surface area contributed by atoms with Gasteiger partial charge < -0.3 is 14.4 Å². The highest BCUT2D eigenvalue weighted by atomic mass is 16.2. The minimum absolute atomic E-state index is 0.0178. The van der Waals surface area contributed by atoms with E-state index in [2.05, 4.69) is 23.7 Å². The number of nitrogens with zero attached hydrogens (tertiary/aromatic N) is 4. The summed E-state index contributed by atoms with van der Waals surface area (Å²) in [5, 5.41) is 0. The number of ketones is 1. The van der Waals surface area contributed by atoms with Gasteiger partial charge in [-0.1, -0.05) is 32.9 Å². The van der Waals surface area contributed by atoms with Crippen LogP contribution in [0.2, 0.25) is 0 Å². The number of rotatable bonds is 4. The highest BCUT2D eigenvalue weighted by Gasteiger charge is 2.33. The van der Waals surface area contributed by atoms with Crippen LogP contribution in [-0.2, 0) is 9.59 Å². The number of amides is 1. The van der Waals surface area contributed by atoms with Crippen LogP contribution in [0.3, 0.4) is 0 Å². The Balaban J connectivity index is 1.45. The van der Waals surface area contributed by atoms with Crippen molar-refractivity contribution in [2.45, 2.75) is 46.1 Å². The maximum Gasteiger partial charge on any atom is 0.245 e. The molecule has 2 aliphatic rings. The Morgan fingerprint density at radius 3 is 2.55 bits per heavy atom. The van der Waals surface area contributed by atoms with Crippen molar-refractivity contribution >= 4 is 22.7 Å². The highest BCUT2D eigenvalue weighted by molar-refractivity contribution is 5.91. The van der Waals surface area contributed by atoms with E-state index in [0.29, 0.717) is 19.5 Å². The molecule has 29 heavy (non-hydrogen) atoms. The number of hydrogen-bond acceptors (Lipinski definition) is 4. The molecule has 4 rings (SSSR count). The SMILES string of the molecule is CC[C@H](C(=O)N1CCN(C2=CC(=O)CC(C)(C)C2)CC1)n1cnc2ccccc21. The summed E-state index contributed by atoms with van der Waals surface area (Å²) in [6, 6.07) is 7.71. The largest absolute Gasteiger partial charge is 0.371 e. The van der Waals surface area contributed by atoms with E-state index in [1.807, 2.05) is 46.7 Å². The van der Waals surface area contributed by atoms with Crippen LogP contribution >= 0.6 is 0 Å². The number of imidazole rings is 1. The molecule has 2 heterocycles. The molecular formula is C23H30N4O2. The molecule has 1 fully saturated rings. The molecule has 1 aromatic carbocycles. The molecule has 1 atom stereocenters. The van der Waals surface area contributed by atoms with Crippen molar-refractivity contribution in [1.29, 1.82) is 0 Å². The zero-order valence-electron chi connectivity index (χ0n) is 17.6. The van der Waals surface area contributed by atoms with E-state index in [1.165, 1.54) is 0 Å². The Kier molecular flexibility index (Phi) is 5.19. The second-order valence-electron chi connectivity index (χ2n) is 9.00. The number of fused-ring (bicyclic) bond motifs is 1. The van der Waals surface area contributed by atoms with Crippen LogP contribution in [0.5, 0.6) is 0 Å². The Morgan fingerprint density at radius 1 is 1.14 bits per heavy atom. The van der Waals surface area contributed by atoms with Crippen LogP contribution in [0.25, 0.3) is 11.0 Å². The first kappa shape index (κ1) is 19.7. The molecule has 1 amide bonds. The first-order valence-electron chi connectivity index (χ1n) is 10.6. The molecule has 0 unspecified atom stereocenters. The van der Waals surface area contributed by atoms with Crippen LogP contribution in [0.1, 0.15) is 46.1 Å². The summed E-state index contributed by atoms with van der Waals surface area (Å²) in [4.78, 5) is 34.1. The number of aromatic nitrogens is 2. The molecular weight excluding hydrogens is 364 g/mol. The summed E-state index contributed by atoms with van der Waals surface area (Å²) in [5.41, 5.74) is 3.06. The Labute approximate surface area is 172 Å². The summed E-state index contributed by atoms with van der Waals surface area (Å²) >= 11 is 0. The van der Waals surface area contributed by atoms with Gasteiger partial charge in [0.1, 0.15) is 6.04 Å². The fourth-order valence-corrected chi connectivity index (χ4v) is 4.66. The maximum atomic E-state index is 13.3. The number of para-hydroxylation sites is 2. The van der Waals surface area contributed by atoms with Crippen molar-refractivity contribution < 1.29 is 9.59 Å². The van der Waals surface area contributed by atoms with Gasteiger partial charge in [-0.2, -0.15) is 0 Å². The van der Waals surface area contributed by atoms with Crippen molar-refractivity contribution in [3.63, 3.8) is 0 Å². The van der Waals surface area contributed by atoms with Gasteiger partial charge in [-0.05, 0) is 30.4 Å². The molecule has 0 saturated carbocycles. The molecule has 6 heteroatoms. The van der Waals surface area contributed by atoms with E-state index in [-0.39, 0.29) is 23.1 Å². The molecule has 1 saturated heterocycles. The second-order valence-corrected chi connectivity index (χ2v) is 9.00. The smallest absolute Gasteiger partial charge is 0.245 e. The average molecular weight is 395 g/mol. The number of allylic oxidation sites excluding steroid dienone is 2. The fourth-order valence-electron chi connectivity index (χ4n) is 4.66. The normalized spacial score (nSPS) is 20.7. The molecule has 0 bridgehead atoms. The molecule has 154 valence electrons. The lowest BCUT2D eigenvalue weighted by Gasteiger charge is -2.41. The Hall–Kier alpha value is -2.63. The van der Waals surface area contributed by atoms with Crippen LogP contribution in [0.4, 0.5) is 0 Å². The predicted octanol–water partition coefficient (Wildman–Crippen LogP) is 3.40. The minimum Gasteiger partial charge on any atom is -0.371 e. The van der Waals surface area contributed by atoms with Crippen molar-refractivity contribution in [3.05, 3.63) is 42.4 Å². The third-order valence-electron chi connectivity index (χ3n) is 6.13.